The van der Waals surface area contributed by atoms with Crippen molar-refractivity contribution in [2.24, 2.45) is 0 Å². The fourth-order valence-electron chi connectivity index (χ4n) is 4.15. The molecule has 0 amide bonds. The molecule has 0 aliphatic rings. The zero-order chi connectivity index (χ0) is 19.5. The monoisotopic (exact) mass is 373 g/mol. The summed E-state index contributed by atoms with van der Waals surface area (Å²) in [5.41, 5.74) is 3.95. The van der Waals surface area contributed by atoms with E-state index in [0.29, 0.717) is 0 Å². The van der Waals surface area contributed by atoms with Crippen LogP contribution in [0.15, 0.2) is 115 Å². The van der Waals surface area contributed by atoms with Crippen LogP contribution in [-0.4, -0.2) is 0 Å². The summed E-state index contributed by atoms with van der Waals surface area (Å²) in [6.45, 7) is 1.74. The van der Waals surface area contributed by atoms with E-state index < -0.39 is 0 Å². The molecule has 0 aliphatic heterocycles. The Bertz CT molecular complexity index is 1170. The maximum absolute atomic E-state index is 2.48. The van der Waals surface area contributed by atoms with Gasteiger partial charge in [-0.25, -0.2) is 0 Å². The van der Waals surface area contributed by atoms with Gasteiger partial charge in [-0.1, -0.05) is 103 Å². The molecule has 0 bridgehead atoms. The summed E-state index contributed by atoms with van der Waals surface area (Å²) in [4.78, 5) is 2.48. The highest BCUT2D eigenvalue weighted by Gasteiger charge is 2.12. The minimum atomic E-state index is 0.870. The fraction of sp³-hybridized carbons (Fsp3) is 0.0714. The lowest BCUT2D eigenvalue weighted by Gasteiger charge is -2.26. The zero-order valence-corrected chi connectivity index (χ0v) is 16.3. The van der Waals surface area contributed by atoms with Gasteiger partial charge in [-0.3, -0.25) is 0 Å². The predicted octanol–water partition coefficient (Wildman–Crippen LogP) is 7.20. The van der Waals surface area contributed by atoms with Crippen LogP contribution in [0.4, 0.5) is 5.69 Å². The number of anilines is 1. The summed E-state index contributed by atoms with van der Waals surface area (Å²) in [6, 6.07) is 41.3. The van der Waals surface area contributed by atoms with Crippen LogP contribution in [-0.2, 0) is 13.1 Å². The van der Waals surface area contributed by atoms with Crippen LogP contribution >= 0.6 is 0 Å². The van der Waals surface area contributed by atoms with Crippen molar-refractivity contribution >= 4 is 27.2 Å². The zero-order valence-electron chi connectivity index (χ0n) is 16.3. The Morgan fingerprint density at radius 1 is 0.414 bits per heavy atom. The van der Waals surface area contributed by atoms with Crippen molar-refractivity contribution in [3.8, 4) is 0 Å². The first-order valence-corrected chi connectivity index (χ1v) is 10.1. The molecule has 0 fully saturated rings. The molecule has 0 saturated carbocycles. The summed E-state index contributed by atoms with van der Waals surface area (Å²) >= 11 is 0. The maximum atomic E-state index is 2.48. The Balaban J connectivity index is 1.57. The molecular formula is C28H23N. The lowest BCUT2D eigenvalue weighted by Crippen LogP contribution is -2.22. The third kappa shape index (κ3) is 3.60. The third-order valence-corrected chi connectivity index (χ3v) is 5.60. The second-order valence-corrected chi connectivity index (χ2v) is 7.47. The molecule has 5 aromatic carbocycles. The van der Waals surface area contributed by atoms with Crippen molar-refractivity contribution in [1.82, 2.24) is 0 Å². The number of rotatable bonds is 5. The Kier molecular flexibility index (Phi) is 4.72. The summed E-state index contributed by atoms with van der Waals surface area (Å²) < 4.78 is 0. The van der Waals surface area contributed by atoms with Gasteiger partial charge in [-0.2, -0.15) is 0 Å². The van der Waals surface area contributed by atoms with E-state index in [1.165, 1.54) is 38.4 Å². The molecule has 5 aromatic rings. The molecular weight excluding hydrogens is 350 g/mol. The molecule has 0 saturated heterocycles. The topological polar surface area (TPSA) is 3.24 Å². The minimum absolute atomic E-state index is 0.870. The molecule has 0 aromatic heterocycles. The van der Waals surface area contributed by atoms with Crippen molar-refractivity contribution in [2.45, 2.75) is 13.1 Å². The summed E-state index contributed by atoms with van der Waals surface area (Å²) in [7, 11) is 0. The van der Waals surface area contributed by atoms with Gasteiger partial charge in [0.2, 0.25) is 0 Å². The van der Waals surface area contributed by atoms with E-state index in [2.05, 4.69) is 120 Å². The average molecular weight is 373 g/mol. The lowest BCUT2D eigenvalue weighted by atomic mass is 10.0. The lowest BCUT2D eigenvalue weighted by molar-refractivity contribution is 0.808. The number of fused-ring (bicyclic) bond motifs is 2. The standard InChI is InChI=1S/C28H23N/c1-2-16-26(17-3-1)29(20-24-14-8-12-22-10-4-6-18-27(22)24)21-25-15-9-13-23-11-5-7-19-28(23)25/h1-19H,20-21H2. The quantitative estimate of drug-likeness (QED) is 0.315. The van der Waals surface area contributed by atoms with Crippen molar-refractivity contribution in [1.29, 1.82) is 0 Å². The van der Waals surface area contributed by atoms with Crippen molar-refractivity contribution in [3.63, 3.8) is 0 Å². The Morgan fingerprint density at radius 3 is 1.41 bits per heavy atom. The van der Waals surface area contributed by atoms with E-state index in [-0.39, 0.29) is 0 Å². The molecule has 0 radical (unpaired) electrons. The van der Waals surface area contributed by atoms with Gasteiger partial charge >= 0.3 is 0 Å². The molecule has 1 heteroatoms. The first-order chi connectivity index (χ1) is 14.4. The second-order valence-electron chi connectivity index (χ2n) is 7.47. The third-order valence-electron chi connectivity index (χ3n) is 5.60. The van der Waals surface area contributed by atoms with E-state index in [1.54, 1.807) is 0 Å². The van der Waals surface area contributed by atoms with Gasteiger partial charge in [-0.05, 0) is 44.8 Å². The van der Waals surface area contributed by atoms with Gasteiger partial charge in [-0.15, -0.1) is 0 Å². The average Bonchev–Trinajstić information content (AvgIpc) is 2.80. The summed E-state index contributed by atoms with van der Waals surface area (Å²) in [5, 5.41) is 5.24. The number of hydrogen-bond acceptors (Lipinski definition) is 1. The molecule has 29 heavy (non-hydrogen) atoms. The number of hydrogen-bond donors (Lipinski definition) is 0. The van der Waals surface area contributed by atoms with Crippen LogP contribution in [0.1, 0.15) is 11.1 Å². The van der Waals surface area contributed by atoms with E-state index in [0.717, 1.165) is 13.1 Å². The predicted molar refractivity (Wildman–Crippen MR) is 124 cm³/mol. The number of para-hydroxylation sites is 1. The normalized spacial score (nSPS) is 11.0. The largest absolute Gasteiger partial charge is 0.363 e. The Morgan fingerprint density at radius 2 is 0.862 bits per heavy atom. The van der Waals surface area contributed by atoms with E-state index in [9.17, 15) is 0 Å². The van der Waals surface area contributed by atoms with Crippen LogP contribution in [0.2, 0.25) is 0 Å². The first kappa shape index (κ1) is 17.5. The maximum Gasteiger partial charge on any atom is 0.0439 e. The highest BCUT2D eigenvalue weighted by molar-refractivity contribution is 5.87. The summed E-state index contributed by atoms with van der Waals surface area (Å²) in [6.07, 6.45) is 0. The van der Waals surface area contributed by atoms with Crippen molar-refractivity contribution in [2.75, 3.05) is 4.90 Å². The molecule has 0 aliphatic carbocycles. The number of benzene rings is 5. The van der Waals surface area contributed by atoms with Crippen LogP contribution in [0, 0.1) is 0 Å². The highest BCUT2D eigenvalue weighted by atomic mass is 15.1. The highest BCUT2D eigenvalue weighted by Crippen LogP contribution is 2.27. The fourth-order valence-corrected chi connectivity index (χ4v) is 4.15. The van der Waals surface area contributed by atoms with E-state index >= 15 is 0 Å². The van der Waals surface area contributed by atoms with E-state index in [4.69, 9.17) is 0 Å². The molecule has 5 rings (SSSR count). The molecule has 0 N–H and O–H groups in total. The molecule has 140 valence electrons. The van der Waals surface area contributed by atoms with Crippen LogP contribution in [0.5, 0.6) is 0 Å². The second kappa shape index (κ2) is 7.81. The van der Waals surface area contributed by atoms with Crippen molar-refractivity contribution < 1.29 is 0 Å². The molecule has 1 nitrogen and oxygen atoms in total. The Hall–Kier alpha value is -3.58. The molecule has 0 unspecified atom stereocenters. The van der Waals surface area contributed by atoms with Crippen molar-refractivity contribution in [3.05, 3.63) is 126 Å². The summed E-state index contributed by atoms with van der Waals surface area (Å²) in [5.74, 6) is 0. The smallest absolute Gasteiger partial charge is 0.0439 e. The van der Waals surface area contributed by atoms with Crippen LogP contribution in [0.25, 0.3) is 21.5 Å². The Labute approximate surface area is 171 Å². The first-order valence-electron chi connectivity index (χ1n) is 10.1. The van der Waals surface area contributed by atoms with E-state index in [1.807, 2.05) is 0 Å². The van der Waals surface area contributed by atoms with Crippen LogP contribution < -0.4 is 4.90 Å². The SMILES string of the molecule is c1ccc(N(Cc2cccc3ccccc23)Cc2cccc3ccccc23)cc1. The molecule has 0 heterocycles. The van der Waals surface area contributed by atoms with Gasteiger partial charge in [0.1, 0.15) is 0 Å². The van der Waals surface area contributed by atoms with Gasteiger partial charge < -0.3 is 4.90 Å². The van der Waals surface area contributed by atoms with Gasteiger partial charge in [0, 0.05) is 18.8 Å². The molecule has 0 spiro atoms. The number of nitrogens with zero attached hydrogens (tertiary/aromatic N) is 1. The molecule has 0 atom stereocenters. The minimum Gasteiger partial charge on any atom is -0.363 e. The van der Waals surface area contributed by atoms with Crippen LogP contribution in [0.3, 0.4) is 0 Å². The van der Waals surface area contributed by atoms with Gasteiger partial charge in [0.25, 0.3) is 0 Å². The van der Waals surface area contributed by atoms with Gasteiger partial charge in [0.05, 0.1) is 0 Å². The van der Waals surface area contributed by atoms with Gasteiger partial charge in [0.15, 0.2) is 0 Å².